The molecule has 0 bridgehead atoms. The summed E-state index contributed by atoms with van der Waals surface area (Å²) in [7, 11) is 0. The summed E-state index contributed by atoms with van der Waals surface area (Å²) in [6.45, 7) is 1.58. The summed E-state index contributed by atoms with van der Waals surface area (Å²) >= 11 is 0. The minimum absolute atomic E-state index is 0.0857. The van der Waals surface area contributed by atoms with E-state index in [0.717, 1.165) is 30.2 Å². The van der Waals surface area contributed by atoms with Gasteiger partial charge < -0.3 is 14.8 Å². The number of para-hydroxylation sites is 3. The Kier molecular flexibility index (Phi) is 3.54. The molecule has 4 rings (SSSR count). The first-order chi connectivity index (χ1) is 11.3. The van der Waals surface area contributed by atoms with E-state index in [1.165, 1.54) is 5.56 Å². The fraction of sp³-hybridized carbons (Fsp3) is 0.278. The van der Waals surface area contributed by atoms with Crippen LogP contribution in [0.15, 0.2) is 48.5 Å². The number of ether oxygens (including phenoxy) is 2. The highest BCUT2D eigenvalue weighted by Gasteiger charge is 2.26. The zero-order chi connectivity index (χ0) is 15.6. The van der Waals surface area contributed by atoms with Crippen LogP contribution in [0.2, 0.25) is 0 Å². The molecule has 2 amide bonds. The number of nitrogens with one attached hydrogen (secondary N) is 1. The average molecular weight is 310 g/mol. The highest BCUT2D eigenvalue weighted by atomic mass is 16.6. The molecule has 1 unspecified atom stereocenters. The van der Waals surface area contributed by atoms with E-state index in [9.17, 15) is 4.79 Å². The molecule has 23 heavy (non-hydrogen) atoms. The molecule has 0 saturated carbocycles. The van der Waals surface area contributed by atoms with Gasteiger partial charge in [0.15, 0.2) is 17.6 Å². The SMILES string of the molecule is O=C(NCC1COc2ccccc2O1)N1CCc2ccccc21. The lowest BCUT2D eigenvalue weighted by Crippen LogP contribution is -2.45. The second kappa shape index (κ2) is 5.83. The number of nitrogens with zero attached hydrogens (tertiary/aromatic N) is 1. The van der Waals surface area contributed by atoms with Crippen molar-refractivity contribution in [2.24, 2.45) is 0 Å². The first-order valence-electron chi connectivity index (χ1n) is 7.83. The Morgan fingerprint density at radius 3 is 2.83 bits per heavy atom. The van der Waals surface area contributed by atoms with Crippen LogP contribution in [0.5, 0.6) is 11.5 Å². The third-order valence-electron chi connectivity index (χ3n) is 4.18. The van der Waals surface area contributed by atoms with Crippen molar-refractivity contribution in [2.45, 2.75) is 12.5 Å². The van der Waals surface area contributed by atoms with Crippen LogP contribution in [-0.4, -0.2) is 31.8 Å². The molecule has 2 heterocycles. The number of rotatable bonds is 2. The molecule has 5 heteroatoms. The van der Waals surface area contributed by atoms with Gasteiger partial charge in [-0.3, -0.25) is 4.90 Å². The predicted molar refractivity (Wildman–Crippen MR) is 87.2 cm³/mol. The molecule has 0 fully saturated rings. The lowest BCUT2D eigenvalue weighted by Gasteiger charge is -2.27. The smallest absolute Gasteiger partial charge is 0.322 e. The first kappa shape index (κ1) is 13.9. The van der Waals surface area contributed by atoms with Crippen molar-refractivity contribution in [2.75, 3.05) is 24.6 Å². The Labute approximate surface area is 134 Å². The largest absolute Gasteiger partial charge is 0.486 e. The first-order valence-corrected chi connectivity index (χ1v) is 7.83. The van der Waals surface area contributed by atoms with Crippen LogP contribution < -0.4 is 19.7 Å². The molecule has 1 N–H and O–H groups in total. The second-order valence-corrected chi connectivity index (χ2v) is 5.71. The monoisotopic (exact) mass is 310 g/mol. The molecule has 2 aliphatic heterocycles. The molecule has 0 saturated heterocycles. The van der Waals surface area contributed by atoms with Gasteiger partial charge in [-0.05, 0) is 30.2 Å². The molecule has 2 aliphatic rings. The minimum atomic E-state index is -0.174. The van der Waals surface area contributed by atoms with Crippen molar-refractivity contribution in [1.82, 2.24) is 5.32 Å². The summed E-state index contributed by atoms with van der Waals surface area (Å²) in [5.74, 6) is 1.48. The van der Waals surface area contributed by atoms with Gasteiger partial charge in [-0.1, -0.05) is 30.3 Å². The lowest BCUT2D eigenvalue weighted by atomic mass is 10.2. The molecule has 5 nitrogen and oxygen atoms in total. The summed E-state index contributed by atoms with van der Waals surface area (Å²) in [5, 5.41) is 2.95. The number of hydrogen-bond acceptors (Lipinski definition) is 3. The van der Waals surface area contributed by atoms with Crippen LogP contribution in [0.25, 0.3) is 0 Å². The Hall–Kier alpha value is -2.69. The number of anilines is 1. The molecular weight excluding hydrogens is 292 g/mol. The van der Waals surface area contributed by atoms with E-state index in [1.807, 2.05) is 42.5 Å². The van der Waals surface area contributed by atoms with E-state index in [4.69, 9.17) is 9.47 Å². The lowest BCUT2D eigenvalue weighted by molar-refractivity contribution is 0.0920. The van der Waals surface area contributed by atoms with Crippen molar-refractivity contribution >= 4 is 11.7 Å². The summed E-state index contributed by atoms with van der Waals surface area (Å²) < 4.78 is 11.5. The number of amides is 2. The summed E-state index contributed by atoms with van der Waals surface area (Å²) in [5.41, 5.74) is 2.21. The Morgan fingerprint density at radius 2 is 1.91 bits per heavy atom. The van der Waals surface area contributed by atoms with E-state index in [1.54, 1.807) is 4.90 Å². The van der Waals surface area contributed by atoms with E-state index in [0.29, 0.717) is 13.2 Å². The maximum atomic E-state index is 12.4. The van der Waals surface area contributed by atoms with Gasteiger partial charge in [-0.25, -0.2) is 4.79 Å². The van der Waals surface area contributed by atoms with Gasteiger partial charge in [0.05, 0.1) is 6.54 Å². The quantitative estimate of drug-likeness (QED) is 0.927. The molecule has 0 spiro atoms. The highest BCUT2D eigenvalue weighted by molar-refractivity contribution is 5.94. The van der Waals surface area contributed by atoms with Gasteiger partial charge in [-0.2, -0.15) is 0 Å². The van der Waals surface area contributed by atoms with Crippen LogP contribution in [0.1, 0.15) is 5.56 Å². The van der Waals surface area contributed by atoms with Gasteiger partial charge in [0, 0.05) is 12.2 Å². The molecule has 2 aromatic rings. The Balaban J connectivity index is 1.36. The van der Waals surface area contributed by atoms with Crippen LogP contribution in [0.3, 0.4) is 0 Å². The Morgan fingerprint density at radius 1 is 1.13 bits per heavy atom. The zero-order valence-corrected chi connectivity index (χ0v) is 12.7. The molecule has 1 atom stereocenters. The van der Waals surface area contributed by atoms with Crippen LogP contribution in [-0.2, 0) is 6.42 Å². The fourth-order valence-corrected chi connectivity index (χ4v) is 3.01. The van der Waals surface area contributed by atoms with Crippen molar-refractivity contribution in [3.8, 4) is 11.5 Å². The maximum Gasteiger partial charge on any atom is 0.322 e. The number of hydrogen-bond donors (Lipinski definition) is 1. The molecule has 0 aromatic heterocycles. The van der Waals surface area contributed by atoms with Gasteiger partial charge >= 0.3 is 6.03 Å². The second-order valence-electron chi connectivity index (χ2n) is 5.71. The topological polar surface area (TPSA) is 50.8 Å². The molecular formula is C18H18N2O3. The molecule has 0 aliphatic carbocycles. The van der Waals surface area contributed by atoms with E-state index in [-0.39, 0.29) is 12.1 Å². The van der Waals surface area contributed by atoms with E-state index >= 15 is 0 Å². The predicted octanol–water partition coefficient (Wildman–Crippen LogP) is 2.60. The fourth-order valence-electron chi connectivity index (χ4n) is 3.01. The molecule has 2 aromatic carbocycles. The maximum absolute atomic E-state index is 12.4. The number of carbonyl (C=O) groups is 1. The van der Waals surface area contributed by atoms with Gasteiger partial charge in [-0.15, -0.1) is 0 Å². The minimum Gasteiger partial charge on any atom is -0.486 e. The van der Waals surface area contributed by atoms with E-state index in [2.05, 4.69) is 11.4 Å². The van der Waals surface area contributed by atoms with Crippen LogP contribution >= 0.6 is 0 Å². The number of fused-ring (bicyclic) bond motifs is 2. The van der Waals surface area contributed by atoms with Crippen molar-refractivity contribution < 1.29 is 14.3 Å². The van der Waals surface area contributed by atoms with Crippen LogP contribution in [0.4, 0.5) is 10.5 Å². The van der Waals surface area contributed by atoms with Crippen molar-refractivity contribution in [1.29, 1.82) is 0 Å². The third-order valence-corrected chi connectivity index (χ3v) is 4.18. The molecule has 118 valence electrons. The Bertz CT molecular complexity index is 732. The average Bonchev–Trinajstić information content (AvgIpc) is 3.03. The van der Waals surface area contributed by atoms with Crippen LogP contribution in [0, 0.1) is 0 Å². The standard InChI is InChI=1S/C18H18N2O3/c21-18(20-10-9-13-5-1-2-6-15(13)20)19-11-14-12-22-16-7-3-4-8-17(16)23-14/h1-8,14H,9-12H2,(H,19,21). The summed E-state index contributed by atoms with van der Waals surface area (Å²) in [6, 6.07) is 15.5. The van der Waals surface area contributed by atoms with Gasteiger partial charge in [0.25, 0.3) is 0 Å². The highest BCUT2D eigenvalue weighted by Crippen LogP contribution is 2.31. The number of carbonyl (C=O) groups excluding carboxylic acids is 1. The third kappa shape index (κ3) is 2.70. The van der Waals surface area contributed by atoms with Crippen molar-refractivity contribution in [3.63, 3.8) is 0 Å². The normalized spacial score (nSPS) is 18.4. The summed E-state index contributed by atoms with van der Waals surface area (Å²) in [4.78, 5) is 14.2. The van der Waals surface area contributed by atoms with E-state index < -0.39 is 0 Å². The zero-order valence-electron chi connectivity index (χ0n) is 12.7. The van der Waals surface area contributed by atoms with Gasteiger partial charge in [0.2, 0.25) is 0 Å². The number of urea groups is 1. The van der Waals surface area contributed by atoms with Gasteiger partial charge in [0.1, 0.15) is 6.61 Å². The number of benzene rings is 2. The molecule has 0 radical (unpaired) electrons. The van der Waals surface area contributed by atoms with Crippen molar-refractivity contribution in [3.05, 3.63) is 54.1 Å². The summed E-state index contributed by atoms with van der Waals surface area (Å²) in [6.07, 6.45) is 0.728.